The largest absolute Gasteiger partial charge is 0.0819 e. The summed E-state index contributed by atoms with van der Waals surface area (Å²) in [6.45, 7) is 2.29. The SMILES string of the molecule is CCCCC1C=C(C2CC2)CC1. The van der Waals surface area contributed by atoms with Crippen LogP contribution in [-0.4, -0.2) is 0 Å². The molecule has 0 saturated heterocycles. The minimum absolute atomic E-state index is 0.959. The minimum Gasteiger partial charge on any atom is -0.0819 e. The average Bonchev–Trinajstić information content (AvgIpc) is 2.83. The van der Waals surface area contributed by atoms with E-state index in [1.807, 2.05) is 5.57 Å². The number of allylic oxidation sites excluding steroid dienone is 2. The average molecular weight is 164 g/mol. The Labute approximate surface area is 76.1 Å². The standard InChI is InChI=1S/C12H20/c1-2-3-4-10-5-6-12(9-10)11-7-8-11/h9-11H,2-8H2,1H3. The maximum absolute atomic E-state index is 2.60. The van der Waals surface area contributed by atoms with Crippen molar-refractivity contribution in [3.05, 3.63) is 11.6 Å². The summed E-state index contributed by atoms with van der Waals surface area (Å²) in [5.41, 5.74) is 1.82. The fourth-order valence-corrected chi connectivity index (χ4v) is 2.31. The summed E-state index contributed by atoms with van der Waals surface area (Å²) in [6.07, 6.45) is 12.7. The molecule has 0 heteroatoms. The van der Waals surface area contributed by atoms with E-state index in [4.69, 9.17) is 0 Å². The van der Waals surface area contributed by atoms with Crippen molar-refractivity contribution in [3.63, 3.8) is 0 Å². The van der Waals surface area contributed by atoms with Crippen molar-refractivity contribution in [3.8, 4) is 0 Å². The van der Waals surface area contributed by atoms with Gasteiger partial charge < -0.3 is 0 Å². The number of unbranched alkanes of at least 4 members (excludes halogenated alkanes) is 1. The van der Waals surface area contributed by atoms with Crippen LogP contribution >= 0.6 is 0 Å². The van der Waals surface area contributed by atoms with Gasteiger partial charge in [0.15, 0.2) is 0 Å². The van der Waals surface area contributed by atoms with E-state index in [-0.39, 0.29) is 0 Å². The van der Waals surface area contributed by atoms with Crippen molar-refractivity contribution in [1.82, 2.24) is 0 Å². The fraction of sp³-hybridized carbons (Fsp3) is 0.833. The molecular weight excluding hydrogens is 144 g/mol. The number of hydrogen-bond donors (Lipinski definition) is 0. The van der Waals surface area contributed by atoms with Gasteiger partial charge in [0.2, 0.25) is 0 Å². The highest BCUT2D eigenvalue weighted by molar-refractivity contribution is 5.18. The molecule has 2 rings (SSSR count). The second kappa shape index (κ2) is 3.64. The van der Waals surface area contributed by atoms with E-state index in [9.17, 15) is 0 Å². The molecule has 0 aromatic rings. The predicted molar refractivity (Wildman–Crippen MR) is 53.1 cm³/mol. The van der Waals surface area contributed by atoms with Gasteiger partial charge in [-0.05, 0) is 43.9 Å². The molecule has 1 saturated carbocycles. The van der Waals surface area contributed by atoms with Crippen LogP contribution in [0.2, 0.25) is 0 Å². The van der Waals surface area contributed by atoms with E-state index >= 15 is 0 Å². The smallest absolute Gasteiger partial charge is 0.0203 e. The van der Waals surface area contributed by atoms with Crippen LogP contribution < -0.4 is 0 Å². The molecule has 0 spiro atoms. The van der Waals surface area contributed by atoms with Gasteiger partial charge in [-0.3, -0.25) is 0 Å². The molecule has 1 unspecified atom stereocenters. The predicted octanol–water partition coefficient (Wildman–Crippen LogP) is 3.92. The summed E-state index contributed by atoms with van der Waals surface area (Å²) in [6, 6.07) is 0. The maximum atomic E-state index is 2.60. The Balaban J connectivity index is 1.78. The highest BCUT2D eigenvalue weighted by Crippen LogP contribution is 2.43. The van der Waals surface area contributed by atoms with E-state index < -0.39 is 0 Å². The Bertz CT molecular complexity index is 174. The van der Waals surface area contributed by atoms with Crippen LogP contribution in [0.3, 0.4) is 0 Å². The zero-order valence-electron chi connectivity index (χ0n) is 8.18. The van der Waals surface area contributed by atoms with Crippen LogP contribution in [0.25, 0.3) is 0 Å². The maximum Gasteiger partial charge on any atom is -0.0203 e. The van der Waals surface area contributed by atoms with Gasteiger partial charge in [0.05, 0.1) is 0 Å². The number of rotatable bonds is 4. The summed E-state index contributed by atoms with van der Waals surface area (Å²) >= 11 is 0. The summed E-state index contributed by atoms with van der Waals surface area (Å²) < 4.78 is 0. The van der Waals surface area contributed by atoms with Crippen LogP contribution in [0.4, 0.5) is 0 Å². The normalized spacial score (nSPS) is 29.1. The third-order valence-corrected chi connectivity index (χ3v) is 3.28. The number of hydrogen-bond acceptors (Lipinski definition) is 0. The molecule has 0 bridgehead atoms. The molecule has 0 aliphatic heterocycles. The summed E-state index contributed by atoms with van der Waals surface area (Å²) in [4.78, 5) is 0. The van der Waals surface area contributed by atoms with Crippen LogP contribution in [-0.2, 0) is 0 Å². The van der Waals surface area contributed by atoms with E-state index in [0.717, 1.165) is 11.8 Å². The van der Waals surface area contributed by atoms with Crippen molar-refractivity contribution >= 4 is 0 Å². The van der Waals surface area contributed by atoms with Gasteiger partial charge in [-0.25, -0.2) is 0 Å². The van der Waals surface area contributed by atoms with Gasteiger partial charge in [0, 0.05) is 0 Å². The van der Waals surface area contributed by atoms with Crippen LogP contribution in [0.1, 0.15) is 51.9 Å². The molecule has 68 valence electrons. The van der Waals surface area contributed by atoms with Gasteiger partial charge in [-0.1, -0.05) is 31.4 Å². The van der Waals surface area contributed by atoms with E-state index in [0.29, 0.717) is 0 Å². The van der Waals surface area contributed by atoms with Crippen molar-refractivity contribution in [2.75, 3.05) is 0 Å². The molecule has 2 aliphatic rings. The van der Waals surface area contributed by atoms with Crippen LogP contribution in [0.15, 0.2) is 11.6 Å². The second-order valence-corrected chi connectivity index (χ2v) is 4.46. The van der Waals surface area contributed by atoms with Gasteiger partial charge in [0.1, 0.15) is 0 Å². The monoisotopic (exact) mass is 164 g/mol. The quantitative estimate of drug-likeness (QED) is 0.552. The Kier molecular flexibility index (Phi) is 2.53. The zero-order valence-corrected chi connectivity index (χ0v) is 8.18. The molecule has 0 heterocycles. The topological polar surface area (TPSA) is 0 Å². The first kappa shape index (κ1) is 8.34. The molecule has 1 atom stereocenters. The van der Waals surface area contributed by atoms with Gasteiger partial charge in [-0.2, -0.15) is 0 Å². The molecule has 0 amide bonds. The van der Waals surface area contributed by atoms with E-state index in [1.165, 1.54) is 44.9 Å². The molecule has 0 radical (unpaired) electrons. The molecule has 0 aromatic carbocycles. The highest BCUT2D eigenvalue weighted by atomic mass is 14.3. The first-order chi connectivity index (χ1) is 5.90. The van der Waals surface area contributed by atoms with Crippen molar-refractivity contribution in [2.45, 2.75) is 51.9 Å². The van der Waals surface area contributed by atoms with Gasteiger partial charge in [-0.15, -0.1) is 0 Å². The molecule has 12 heavy (non-hydrogen) atoms. The molecule has 2 aliphatic carbocycles. The van der Waals surface area contributed by atoms with Gasteiger partial charge in [0.25, 0.3) is 0 Å². The first-order valence-corrected chi connectivity index (χ1v) is 5.60. The molecular formula is C12H20. The third kappa shape index (κ3) is 1.91. The van der Waals surface area contributed by atoms with Gasteiger partial charge >= 0.3 is 0 Å². The van der Waals surface area contributed by atoms with E-state index in [2.05, 4.69) is 13.0 Å². The summed E-state index contributed by atoms with van der Waals surface area (Å²) in [5, 5.41) is 0. The Morgan fingerprint density at radius 2 is 2.17 bits per heavy atom. The molecule has 0 N–H and O–H groups in total. The molecule has 0 nitrogen and oxygen atoms in total. The second-order valence-electron chi connectivity index (χ2n) is 4.46. The zero-order chi connectivity index (χ0) is 8.39. The Hall–Kier alpha value is -0.260. The molecule has 0 aromatic heterocycles. The minimum atomic E-state index is 0.959. The Morgan fingerprint density at radius 1 is 1.33 bits per heavy atom. The lowest BCUT2D eigenvalue weighted by atomic mass is 10.0. The van der Waals surface area contributed by atoms with Crippen LogP contribution in [0.5, 0.6) is 0 Å². The molecule has 1 fully saturated rings. The van der Waals surface area contributed by atoms with Crippen molar-refractivity contribution in [2.24, 2.45) is 11.8 Å². The Morgan fingerprint density at radius 3 is 2.83 bits per heavy atom. The lowest BCUT2D eigenvalue weighted by Crippen LogP contribution is -1.89. The highest BCUT2D eigenvalue weighted by Gasteiger charge is 2.29. The lowest BCUT2D eigenvalue weighted by molar-refractivity contribution is 0.544. The third-order valence-electron chi connectivity index (χ3n) is 3.28. The summed E-state index contributed by atoms with van der Waals surface area (Å²) in [7, 11) is 0. The van der Waals surface area contributed by atoms with Crippen molar-refractivity contribution in [1.29, 1.82) is 0 Å². The first-order valence-electron chi connectivity index (χ1n) is 5.60. The fourth-order valence-electron chi connectivity index (χ4n) is 2.31. The summed E-state index contributed by atoms with van der Waals surface area (Å²) in [5.74, 6) is 2.00. The van der Waals surface area contributed by atoms with Crippen molar-refractivity contribution < 1.29 is 0 Å². The van der Waals surface area contributed by atoms with Crippen LogP contribution in [0, 0.1) is 11.8 Å². The van der Waals surface area contributed by atoms with E-state index in [1.54, 1.807) is 0 Å². The lowest BCUT2D eigenvalue weighted by Gasteiger charge is -2.03.